The van der Waals surface area contributed by atoms with Gasteiger partial charge in [-0.2, -0.15) is 0 Å². The molecule has 0 saturated carbocycles. The van der Waals surface area contributed by atoms with E-state index in [4.69, 9.17) is 11.5 Å². The Balaban J connectivity index is 2.34. The lowest BCUT2D eigenvalue weighted by atomic mass is 10.1. The first-order valence-electron chi connectivity index (χ1n) is 6.47. The molecule has 2 aromatic rings. The van der Waals surface area contributed by atoms with Gasteiger partial charge in [0.15, 0.2) is 17.5 Å². The Hall–Kier alpha value is -3.16. The van der Waals surface area contributed by atoms with Crippen LogP contribution in [0.5, 0.6) is 0 Å². The van der Waals surface area contributed by atoms with Crippen LogP contribution in [-0.4, -0.2) is 21.6 Å². The summed E-state index contributed by atoms with van der Waals surface area (Å²) in [6.45, 7) is 1.64. The molecule has 0 bridgehead atoms. The lowest BCUT2D eigenvalue weighted by Crippen LogP contribution is -2.11. The average molecular weight is 317 g/mol. The maximum atomic E-state index is 13.2. The topological polar surface area (TPSA) is 107 Å². The molecular weight excluding hydrogens is 304 g/mol. The molecule has 8 heteroatoms. The molecule has 0 aliphatic carbocycles. The van der Waals surface area contributed by atoms with Gasteiger partial charge < -0.3 is 11.5 Å². The van der Waals surface area contributed by atoms with Crippen LogP contribution < -0.4 is 11.5 Å². The van der Waals surface area contributed by atoms with Crippen LogP contribution in [0.3, 0.4) is 0 Å². The Morgan fingerprint density at radius 1 is 1.22 bits per heavy atom. The van der Waals surface area contributed by atoms with E-state index in [1.54, 1.807) is 6.92 Å². The number of halogens is 2. The first-order valence-corrected chi connectivity index (χ1v) is 6.47. The van der Waals surface area contributed by atoms with Gasteiger partial charge in [-0.25, -0.2) is 23.7 Å². The molecule has 23 heavy (non-hydrogen) atoms. The summed E-state index contributed by atoms with van der Waals surface area (Å²) < 4.78 is 26.1. The first-order chi connectivity index (χ1) is 10.9. The predicted octanol–water partition coefficient (Wildman–Crippen LogP) is 1.84. The first kappa shape index (κ1) is 16.2. The molecule has 1 heterocycles. The van der Waals surface area contributed by atoms with E-state index in [9.17, 15) is 13.6 Å². The van der Waals surface area contributed by atoms with E-state index in [1.807, 2.05) is 0 Å². The number of allylic oxidation sites excluding steroid dienone is 1. The summed E-state index contributed by atoms with van der Waals surface area (Å²) >= 11 is 0. The fourth-order valence-electron chi connectivity index (χ4n) is 1.69. The second-order valence-corrected chi connectivity index (χ2v) is 4.62. The van der Waals surface area contributed by atoms with Gasteiger partial charge in [-0.1, -0.05) is 0 Å². The lowest BCUT2D eigenvalue weighted by molar-refractivity contribution is 0.102. The summed E-state index contributed by atoms with van der Waals surface area (Å²) in [5, 5.41) is 0. The van der Waals surface area contributed by atoms with Gasteiger partial charge in [0.1, 0.15) is 5.84 Å². The van der Waals surface area contributed by atoms with Gasteiger partial charge >= 0.3 is 0 Å². The monoisotopic (exact) mass is 317 g/mol. The van der Waals surface area contributed by atoms with E-state index in [-0.39, 0.29) is 23.0 Å². The Labute approximate surface area is 130 Å². The number of nitrogens with two attached hydrogens (primary N) is 2. The number of carbonyl (C=O) groups is 1. The molecule has 2 rings (SSSR count). The molecule has 1 aromatic heterocycles. The third-order valence-corrected chi connectivity index (χ3v) is 2.64. The number of benzene rings is 1. The molecule has 0 aliphatic heterocycles. The van der Waals surface area contributed by atoms with Gasteiger partial charge in [0.05, 0.1) is 0 Å². The Morgan fingerprint density at radius 3 is 2.61 bits per heavy atom. The highest BCUT2D eigenvalue weighted by Gasteiger charge is 2.15. The van der Waals surface area contributed by atoms with Crippen LogP contribution in [-0.2, 0) is 0 Å². The number of ketones is 1. The van der Waals surface area contributed by atoms with E-state index < -0.39 is 17.4 Å². The van der Waals surface area contributed by atoms with Crippen LogP contribution in [0.2, 0.25) is 0 Å². The highest BCUT2D eigenvalue weighted by atomic mass is 19.2. The van der Waals surface area contributed by atoms with Crippen molar-refractivity contribution in [2.24, 2.45) is 16.5 Å². The van der Waals surface area contributed by atoms with Gasteiger partial charge in [0.25, 0.3) is 0 Å². The van der Waals surface area contributed by atoms with Crippen molar-refractivity contribution in [2.45, 2.75) is 6.92 Å². The summed E-state index contributed by atoms with van der Waals surface area (Å²) in [6, 6.07) is 4.23. The Kier molecular flexibility index (Phi) is 4.75. The summed E-state index contributed by atoms with van der Waals surface area (Å²) in [6.07, 6.45) is 2.74. The van der Waals surface area contributed by atoms with Gasteiger partial charge in [-0.3, -0.25) is 4.79 Å². The van der Waals surface area contributed by atoms with E-state index in [2.05, 4.69) is 15.0 Å². The van der Waals surface area contributed by atoms with Crippen molar-refractivity contribution in [3.05, 3.63) is 65.3 Å². The third kappa shape index (κ3) is 4.16. The maximum absolute atomic E-state index is 13.2. The van der Waals surface area contributed by atoms with Gasteiger partial charge in [0, 0.05) is 23.5 Å². The van der Waals surface area contributed by atoms with Crippen LogP contribution in [0, 0.1) is 11.6 Å². The van der Waals surface area contributed by atoms with Crippen molar-refractivity contribution >= 4 is 17.4 Å². The van der Waals surface area contributed by atoms with E-state index >= 15 is 0 Å². The second kappa shape index (κ2) is 6.73. The number of carbonyl (C=O) groups excluding carboxylic acids is 1. The minimum atomic E-state index is -1.13. The van der Waals surface area contributed by atoms with Gasteiger partial charge in [-0.15, -0.1) is 0 Å². The quantitative estimate of drug-likeness (QED) is 0.508. The molecular formula is C15H13F2N5O. The predicted molar refractivity (Wildman–Crippen MR) is 81.0 cm³/mol. The molecule has 0 unspecified atom stereocenters. The molecule has 118 valence electrons. The van der Waals surface area contributed by atoms with Crippen LogP contribution >= 0.6 is 0 Å². The fourth-order valence-corrected chi connectivity index (χ4v) is 1.69. The highest BCUT2D eigenvalue weighted by Crippen LogP contribution is 2.13. The zero-order chi connectivity index (χ0) is 17.0. The molecule has 0 atom stereocenters. The molecule has 0 amide bonds. The minimum Gasteiger partial charge on any atom is -0.402 e. The minimum absolute atomic E-state index is 0.0734. The zero-order valence-electron chi connectivity index (χ0n) is 12.1. The van der Waals surface area contributed by atoms with Crippen LogP contribution in [0.1, 0.15) is 23.1 Å². The van der Waals surface area contributed by atoms with Crippen molar-refractivity contribution in [3.8, 4) is 0 Å². The molecule has 0 saturated heterocycles. The molecule has 1 aromatic carbocycles. The molecule has 6 nitrogen and oxygen atoms in total. The van der Waals surface area contributed by atoms with E-state index in [0.717, 1.165) is 18.2 Å². The standard InChI is InChI=1S/C15H13F2N5O/c1-8(18)6-12(19)21-13-4-5-20-15(22-13)14(23)9-2-3-10(16)11(17)7-9/h2-7H,18H2,1H3,(H2,19,20,21,22)/b8-6-. The average Bonchev–Trinajstić information content (AvgIpc) is 2.48. The molecule has 4 N–H and O–H groups in total. The number of aromatic nitrogens is 2. The number of hydrogen-bond acceptors (Lipinski definition) is 5. The lowest BCUT2D eigenvalue weighted by Gasteiger charge is -2.02. The van der Waals surface area contributed by atoms with Crippen molar-refractivity contribution < 1.29 is 13.6 Å². The normalized spacial score (nSPS) is 12.3. The van der Waals surface area contributed by atoms with E-state index in [0.29, 0.717) is 5.70 Å². The van der Waals surface area contributed by atoms with Crippen LogP contribution in [0.4, 0.5) is 14.6 Å². The maximum Gasteiger partial charge on any atom is 0.230 e. The molecule has 0 fully saturated rings. The highest BCUT2D eigenvalue weighted by molar-refractivity contribution is 6.06. The summed E-state index contributed by atoms with van der Waals surface area (Å²) in [4.78, 5) is 23.9. The van der Waals surface area contributed by atoms with E-state index in [1.165, 1.54) is 18.3 Å². The number of amidine groups is 1. The van der Waals surface area contributed by atoms with Crippen molar-refractivity contribution in [2.75, 3.05) is 0 Å². The Morgan fingerprint density at radius 2 is 1.96 bits per heavy atom. The number of hydrogen-bond donors (Lipinski definition) is 2. The SMILES string of the molecule is C/C(N)=C/C(N)=Nc1ccnc(C(=O)c2ccc(F)c(F)c2)n1. The van der Waals surface area contributed by atoms with Crippen molar-refractivity contribution in [1.82, 2.24) is 9.97 Å². The molecule has 0 spiro atoms. The Bertz CT molecular complexity index is 813. The summed E-state index contributed by atoms with van der Waals surface area (Å²) in [5.41, 5.74) is 11.5. The smallest absolute Gasteiger partial charge is 0.230 e. The zero-order valence-corrected chi connectivity index (χ0v) is 12.1. The third-order valence-electron chi connectivity index (χ3n) is 2.64. The van der Waals surface area contributed by atoms with Gasteiger partial charge in [0.2, 0.25) is 11.6 Å². The molecule has 0 aliphatic rings. The summed E-state index contributed by atoms with van der Waals surface area (Å²) in [5.74, 6) is -2.80. The van der Waals surface area contributed by atoms with Crippen LogP contribution in [0.15, 0.2) is 47.2 Å². The fraction of sp³-hybridized carbons (Fsp3) is 0.0667. The van der Waals surface area contributed by atoms with Crippen molar-refractivity contribution in [3.63, 3.8) is 0 Å². The van der Waals surface area contributed by atoms with Crippen molar-refractivity contribution in [1.29, 1.82) is 0 Å². The summed E-state index contributed by atoms with van der Waals surface area (Å²) in [7, 11) is 0. The number of aliphatic imine (C=N–C) groups is 1. The largest absolute Gasteiger partial charge is 0.402 e. The number of rotatable bonds is 4. The van der Waals surface area contributed by atoms with Gasteiger partial charge in [-0.05, 0) is 31.2 Å². The van der Waals surface area contributed by atoms with Crippen LogP contribution in [0.25, 0.3) is 0 Å². The molecule has 0 radical (unpaired) electrons. The number of nitrogens with zero attached hydrogens (tertiary/aromatic N) is 3. The second-order valence-electron chi connectivity index (χ2n) is 4.62.